The lowest BCUT2D eigenvalue weighted by Gasteiger charge is -2.31. The first kappa shape index (κ1) is 18.9. The molecule has 0 saturated heterocycles. The molecule has 2 saturated carbocycles. The SMILES string of the molecule is COc1ccc(C2(CNC(=O)C3(c4ccccc4OC)CC3)CCCC2)cc1. The van der Waals surface area contributed by atoms with Gasteiger partial charge in [-0.2, -0.15) is 0 Å². The molecule has 28 heavy (non-hydrogen) atoms. The Morgan fingerprint density at radius 2 is 1.61 bits per heavy atom. The number of carbonyl (C=O) groups excluding carboxylic acids is 1. The number of hydrogen-bond donors (Lipinski definition) is 1. The lowest BCUT2D eigenvalue weighted by molar-refractivity contribution is -0.123. The van der Waals surface area contributed by atoms with Gasteiger partial charge in [0.15, 0.2) is 0 Å². The van der Waals surface area contributed by atoms with Crippen molar-refractivity contribution in [2.24, 2.45) is 0 Å². The van der Waals surface area contributed by atoms with E-state index in [1.54, 1.807) is 14.2 Å². The monoisotopic (exact) mass is 379 g/mol. The maximum Gasteiger partial charge on any atom is 0.230 e. The van der Waals surface area contributed by atoms with Gasteiger partial charge in [0.1, 0.15) is 11.5 Å². The molecular formula is C24H29NO3. The predicted octanol–water partition coefficient (Wildman–Crippen LogP) is 4.36. The Hall–Kier alpha value is -2.49. The molecule has 2 aromatic carbocycles. The van der Waals surface area contributed by atoms with Crippen LogP contribution < -0.4 is 14.8 Å². The minimum Gasteiger partial charge on any atom is -0.497 e. The minimum absolute atomic E-state index is 0.0266. The van der Waals surface area contributed by atoms with Crippen LogP contribution in [0, 0.1) is 0 Å². The molecule has 2 fully saturated rings. The molecule has 1 N–H and O–H groups in total. The Morgan fingerprint density at radius 1 is 0.929 bits per heavy atom. The van der Waals surface area contributed by atoms with Gasteiger partial charge in [0.2, 0.25) is 5.91 Å². The van der Waals surface area contributed by atoms with Gasteiger partial charge >= 0.3 is 0 Å². The van der Waals surface area contributed by atoms with Crippen LogP contribution >= 0.6 is 0 Å². The van der Waals surface area contributed by atoms with Gasteiger partial charge in [0.05, 0.1) is 19.6 Å². The molecule has 4 rings (SSSR count). The van der Waals surface area contributed by atoms with E-state index < -0.39 is 5.41 Å². The van der Waals surface area contributed by atoms with Crippen LogP contribution in [0.1, 0.15) is 49.7 Å². The van der Waals surface area contributed by atoms with E-state index in [-0.39, 0.29) is 11.3 Å². The third kappa shape index (κ3) is 3.25. The first-order chi connectivity index (χ1) is 13.6. The van der Waals surface area contributed by atoms with Gasteiger partial charge in [-0.15, -0.1) is 0 Å². The van der Waals surface area contributed by atoms with E-state index in [1.165, 1.54) is 18.4 Å². The summed E-state index contributed by atoms with van der Waals surface area (Å²) in [7, 11) is 3.36. The Kier molecular flexibility index (Phi) is 5.05. The van der Waals surface area contributed by atoms with Crippen molar-refractivity contribution in [2.75, 3.05) is 20.8 Å². The van der Waals surface area contributed by atoms with Gasteiger partial charge in [0.25, 0.3) is 0 Å². The Morgan fingerprint density at radius 3 is 2.21 bits per heavy atom. The van der Waals surface area contributed by atoms with Crippen molar-refractivity contribution in [2.45, 2.75) is 49.4 Å². The molecule has 2 aliphatic carbocycles. The summed E-state index contributed by atoms with van der Waals surface area (Å²) in [4.78, 5) is 13.2. The highest BCUT2D eigenvalue weighted by Crippen LogP contribution is 2.51. The summed E-state index contributed by atoms with van der Waals surface area (Å²) in [6.45, 7) is 0.690. The lowest BCUT2D eigenvalue weighted by Crippen LogP contribution is -2.43. The van der Waals surface area contributed by atoms with Crippen LogP contribution in [0.25, 0.3) is 0 Å². The van der Waals surface area contributed by atoms with Crippen LogP contribution in [0.15, 0.2) is 48.5 Å². The number of benzene rings is 2. The second kappa shape index (κ2) is 7.50. The normalized spacial score (nSPS) is 19.1. The number of methoxy groups -OCH3 is 2. The van der Waals surface area contributed by atoms with E-state index in [9.17, 15) is 4.79 Å². The van der Waals surface area contributed by atoms with Crippen LogP contribution in [-0.4, -0.2) is 26.7 Å². The van der Waals surface area contributed by atoms with Crippen LogP contribution in [0.3, 0.4) is 0 Å². The van der Waals surface area contributed by atoms with E-state index in [4.69, 9.17) is 9.47 Å². The summed E-state index contributed by atoms with van der Waals surface area (Å²) in [5.74, 6) is 1.81. The van der Waals surface area contributed by atoms with E-state index >= 15 is 0 Å². The fourth-order valence-electron chi connectivity index (χ4n) is 4.77. The topological polar surface area (TPSA) is 47.6 Å². The summed E-state index contributed by atoms with van der Waals surface area (Å²) in [5.41, 5.74) is 1.92. The second-order valence-corrected chi connectivity index (χ2v) is 8.18. The molecule has 148 valence electrons. The Balaban J connectivity index is 1.52. The number of hydrogen-bond acceptors (Lipinski definition) is 3. The number of nitrogens with one attached hydrogen (secondary N) is 1. The summed E-state index contributed by atoms with van der Waals surface area (Å²) in [6, 6.07) is 16.3. The molecule has 0 spiro atoms. The molecule has 0 unspecified atom stereocenters. The first-order valence-corrected chi connectivity index (χ1v) is 10.2. The number of amides is 1. The van der Waals surface area contributed by atoms with Gasteiger partial charge in [0, 0.05) is 17.5 Å². The van der Waals surface area contributed by atoms with Crippen molar-refractivity contribution in [3.05, 3.63) is 59.7 Å². The molecule has 4 nitrogen and oxygen atoms in total. The molecule has 0 heterocycles. The third-order valence-electron chi connectivity index (χ3n) is 6.66. The van der Waals surface area contributed by atoms with Gasteiger partial charge in [-0.1, -0.05) is 43.2 Å². The molecular weight excluding hydrogens is 350 g/mol. The third-order valence-corrected chi connectivity index (χ3v) is 6.66. The lowest BCUT2D eigenvalue weighted by atomic mass is 9.78. The summed E-state index contributed by atoms with van der Waals surface area (Å²) in [5, 5.41) is 3.32. The zero-order valence-corrected chi connectivity index (χ0v) is 16.8. The maximum absolute atomic E-state index is 13.2. The molecule has 2 aromatic rings. The summed E-state index contributed by atoms with van der Waals surface area (Å²) < 4.78 is 10.8. The highest BCUT2D eigenvalue weighted by molar-refractivity contribution is 5.92. The molecule has 0 atom stereocenters. The predicted molar refractivity (Wildman–Crippen MR) is 110 cm³/mol. The smallest absolute Gasteiger partial charge is 0.230 e. The van der Waals surface area contributed by atoms with Gasteiger partial charge < -0.3 is 14.8 Å². The number of ether oxygens (including phenoxy) is 2. The van der Waals surface area contributed by atoms with E-state index in [0.717, 1.165) is 42.7 Å². The fourth-order valence-corrected chi connectivity index (χ4v) is 4.77. The van der Waals surface area contributed by atoms with Crippen LogP contribution in [0.5, 0.6) is 11.5 Å². The average Bonchev–Trinajstić information content (AvgIpc) is 3.43. The Labute approximate surface area is 167 Å². The molecule has 0 radical (unpaired) electrons. The van der Waals surface area contributed by atoms with E-state index in [2.05, 4.69) is 17.4 Å². The molecule has 1 amide bonds. The van der Waals surface area contributed by atoms with Crippen LogP contribution in [-0.2, 0) is 15.6 Å². The Bertz CT molecular complexity index is 833. The largest absolute Gasteiger partial charge is 0.497 e. The van der Waals surface area contributed by atoms with Crippen LogP contribution in [0.2, 0.25) is 0 Å². The average molecular weight is 380 g/mol. The molecule has 0 aliphatic heterocycles. The number of carbonyl (C=O) groups is 1. The highest BCUT2D eigenvalue weighted by Gasteiger charge is 2.53. The van der Waals surface area contributed by atoms with Crippen molar-refractivity contribution in [3.63, 3.8) is 0 Å². The van der Waals surface area contributed by atoms with E-state index in [1.807, 2.05) is 36.4 Å². The number of para-hydroxylation sites is 1. The van der Waals surface area contributed by atoms with Crippen LogP contribution in [0.4, 0.5) is 0 Å². The zero-order valence-electron chi connectivity index (χ0n) is 16.8. The van der Waals surface area contributed by atoms with Crippen molar-refractivity contribution in [1.29, 1.82) is 0 Å². The summed E-state index contributed by atoms with van der Waals surface area (Å²) in [6.07, 6.45) is 6.41. The quantitative estimate of drug-likeness (QED) is 0.777. The van der Waals surface area contributed by atoms with E-state index in [0.29, 0.717) is 6.54 Å². The number of rotatable bonds is 7. The van der Waals surface area contributed by atoms with Crippen molar-refractivity contribution in [3.8, 4) is 11.5 Å². The molecule has 4 heteroatoms. The maximum atomic E-state index is 13.2. The zero-order chi connectivity index (χ0) is 19.6. The van der Waals surface area contributed by atoms with Crippen molar-refractivity contribution >= 4 is 5.91 Å². The first-order valence-electron chi connectivity index (χ1n) is 10.2. The van der Waals surface area contributed by atoms with Crippen molar-refractivity contribution in [1.82, 2.24) is 5.32 Å². The standard InChI is InChI=1S/C24H29NO3/c1-27-19-11-9-18(10-12-19)23(13-5-6-14-23)17-25-22(26)24(15-16-24)20-7-3-4-8-21(20)28-2/h3-4,7-12H,5-6,13-17H2,1-2H3,(H,25,26). The minimum atomic E-state index is -0.424. The second-order valence-electron chi connectivity index (χ2n) is 8.18. The molecule has 2 aliphatic rings. The molecule has 0 aromatic heterocycles. The van der Waals surface area contributed by atoms with Gasteiger partial charge in [-0.3, -0.25) is 4.79 Å². The van der Waals surface area contributed by atoms with Gasteiger partial charge in [-0.25, -0.2) is 0 Å². The summed E-state index contributed by atoms with van der Waals surface area (Å²) >= 11 is 0. The fraction of sp³-hybridized carbons (Fsp3) is 0.458. The van der Waals surface area contributed by atoms with Crippen molar-refractivity contribution < 1.29 is 14.3 Å². The highest BCUT2D eigenvalue weighted by atomic mass is 16.5. The molecule has 0 bridgehead atoms. The van der Waals surface area contributed by atoms with Gasteiger partial charge in [-0.05, 0) is 49.4 Å².